The minimum atomic E-state index is -0.625. The van der Waals surface area contributed by atoms with Crippen molar-refractivity contribution in [3.63, 3.8) is 0 Å². The number of ether oxygens (including phenoxy) is 1. The maximum Gasteiger partial charge on any atom is 0.345 e. The molecular formula is C27H19Cl2N3O4. The lowest BCUT2D eigenvalue weighted by atomic mass is 10.0. The van der Waals surface area contributed by atoms with Gasteiger partial charge in [0.25, 0.3) is 11.8 Å². The molecule has 9 heteroatoms. The zero-order valence-corrected chi connectivity index (χ0v) is 20.2. The van der Waals surface area contributed by atoms with Crippen LogP contribution in [0.15, 0.2) is 90.0 Å². The number of carbonyl (C=O) groups is 3. The predicted molar refractivity (Wildman–Crippen MR) is 140 cm³/mol. The average molecular weight is 520 g/mol. The fourth-order valence-electron chi connectivity index (χ4n) is 3.35. The van der Waals surface area contributed by atoms with Gasteiger partial charge in [0, 0.05) is 16.1 Å². The lowest BCUT2D eigenvalue weighted by Crippen LogP contribution is -2.34. The van der Waals surface area contributed by atoms with Gasteiger partial charge in [-0.3, -0.25) is 9.59 Å². The molecule has 0 unspecified atom stereocenters. The molecule has 0 bridgehead atoms. The highest BCUT2D eigenvalue weighted by Crippen LogP contribution is 2.28. The Hall–Kier alpha value is -4.20. The molecule has 0 heterocycles. The molecule has 0 aliphatic heterocycles. The number of nitrogens with zero attached hydrogens (tertiary/aromatic N) is 1. The van der Waals surface area contributed by atoms with Gasteiger partial charge in [-0.05, 0) is 53.2 Å². The van der Waals surface area contributed by atoms with E-state index < -0.39 is 17.8 Å². The van der Waals surface area contributed by atoms with Gasteiger partial charge in [0.1, 0.15) is 5.75 Å². The molecule has 7 nitrogen and oxygen atoms in total. The highest BCUT2D eigenvalue weighted by atomic mass is 35.5. The Morgan fingerprint density at radius 1 is 0.861 bits per heavy atom. The molecule has 4 aromatic rings. The van der Waals surface area contributed by atoms with E-state index in [1.807, 2.05) is 30.3 Å². The summed E-state index contributed by atoms with van der Waals surface area (Å²) in [6, 6.07) is 23.8. The summed E-state index contributed by atoms with van der Waals surface area (Å²) in [4.78, 5) is 37.1. The van der Waals surface area contributed by atoms with Gasteiger partial charge in [0.15, 0.2) is 0 Å². The van der Waals surface area contributed by atoms with Crippen LogP contribution in [0.2, 0.25) is 10.0 Å². The number of hydrazone groups is 1. The predicted octanol–water partition coefficient (Wildman–Crippen LogP) is 5.25. The molecular weight excluding hydrogens is 501 g/mol. The third-order valence-electron chi connectivity index (χ3n) is 5.13. The topological polar surface area (TPSA) is 96.9 Å². The van der Waals surface area contributed by atoms with Crippen molar-refractivity contribution in [1.82, 2.24) is 10.7 Å². The fourth-order valence-corrected chi connectivity index (χ4v) is 3.69. The molecule has 36 heavy (non-hydrogen) atoms. The Kier molecular flexibility index (Phi) is 7.95. The number of amides is 2. The molecule has 4 rings (SSSR count). The molecule has 0 aromatic heterocycles. The third-order valence-corrected chi connectivity index (χ3v) is 5.71. The van der Waals surface area contributed by atoms with Gasteiger partial charge in [-0.2, -0.15) is 5.10 Å². The highest BCUT2D eigenvalue weighted by molar-refractivity contribution is 6.33. The summed E-state index contributed by atoms with van der Waals surface area (Å²) < 4.78 is 5.62. The number of benzene rings is 4. The van der Waals surface area contributed by atoms with E-state index in [9.17, 15) is 14.4 Å². The van der Waals surface area contributed by atoms with Crippen molar-refractivity contribution < 1.29 is 19.1 Å². The van der Waals surface area contributed by atoms with Gasteiger partial charge < -0.3 is 10.1 Å². The number of nitrogens with one attached hydrogen (secondary N) is 2. The first-order valence-corrected chi connectivity index (χ1v) is 11.5. The Bertz CT molecular complexity index is 1470. The molecule has 0 saturated carbocycles. The van der Waals surface area contributed by atoms with Gasteiger partial charge in [0.2, 0.25) is 0 Å². The van der Waals surface area contributed by atoms with Crippen molar-refractivity contribution in [3.05, 3.63) is 112 Å². The van der Waals surface area contributed by atoms with Crippen LogP contribution in [0.25, 0.3) is 10.8 Å². The average Bonchev–Trinajstić information content (AvgIpc) is 2.89. The molecule has 0 aliphatic carbocycles. The molecule has 0 radical (unpaired) electrons. The monoisotopic (exact) mass is 519 g/mol. The zero-order valence-electron chi connectivity index (χ0n) is 18.7. The van der Waals surface area contributed by atoms with E-state index in [1.54, 1.807) is 54.6 Å². The molecule has 4 aromatic carbocycles. The van der Waals surface area contributed by atoms with Crippen molar-refractivity contribution in [2.45, 2.75) is 0 Å². The number of carbonyl (C=O) groups excluding carboxylic acids is 3. The quantitative estimate of drug-likeness (QED) is 0.151. The number of rotatable bonds is 7. The lowest BCUT2D eigenvalue weighted by Gasteiger charge is -2.11. The SMILES string of the molecule is O=C(CNC(=O)c1ccc(Cl)cc1)N/N=C\c1c(OC(=O)c2ccccc2Cl)ccc2ccccc12. The van der Waals surface area contributed by atoms with E-state index in [4.69, 9.17) is 27.9 Å². The zero-order chi connectivity index (χ0) is 25.5. The van der Waals surface area contributed by atoms with Crippen molar-refractivity contribution in [1.29, 1.82) is 0 Å². The van der Waals surface area contributed by atoms with E-state index in [0.717, 1.165) is 10.8 Å². The van der Waals surface area contributed by atoms with Crippen LogP contribution in [-0.2, 0) is 4.79 Å². The lowest BCUT2D eigenvalue weighted by molar-refractivity contribution is -0.120. The third kappa shape index (κ3) is 6.07. The Morgan fingerprint density at radius 2 is 1.58 bits per heavy atom. The van der Waals surface area contributed by atoms with Crippen LogP contribution in [0.4, 0.5) is 0 Å². The normalized spacial score (nSPS) is 10.8. The van der Waals surface area contributed by atoms with Crippen LogP contribution < -0.4 is 15.5 Å². The van der Waals surface area contributed by atoms with Crippen LogP contribution in [0.3, 0.4) is 0 Å². The van der Waals surface area contributed by atoms with Crippen molar-refractivity contribution in [2.24, 2.45) is 5.10 Å². The first kappa shape index (κ1) is 24.9. The summed E-state index contributed by atoms with van der Waals surface area (Å²) in [6.07, 6.45) is 1.39. The van der Waals surface area contributed by atoms with E-state index in [-0.39, 0.29) is 22.9 Å². The second-order valence-corrected chi connectivity index (χ2v) is 8.39. The molecule has 0 fully saturated rings. The maximum absolute atomic E-state index is 12.7. The van der Waals surface area contributed by atoms with Crippen LogP contribution in [0, 0.1) is 0 Å². The second kappa shape index (κ2) is 11.5. The van der Waals surface area contributed by atoms with Crippen molar-refractivity contribution in [3.8, 4) is 5.75 Å². The maximum atomic E-state index is 12.7. The van der Waals surface area contributed by atoms with Gasteiger partial charge in [-0.15, -0.1) is 0 Å². The standard InChI is InChI=1S/C27H19Cl2N3O4/c28-19-12-9-18(10-13-19)26(34)30-16-25(33)32-31-15-22-20-6-2-1-5-17(20)11-14-24(22)36-27(35)21-7-3-4-8-23(21)29/h1-15H,16H2,(H,30,34)(H,32,33)/b31-15-. The molecule has 0 atom stereocenters. The van der Waals surface area contributed by atoms with E-state index >= 15 is 0 Å². The number of halogens is 2. The van der Waals surface area contributed by atoms with Gasteiger partial charge in [-0.25, -0.2) is 10.2 Å². The largest absolute Gasteiger partial charge is 0.422 e. The molecule has 0 aliphatic rings. The van der Waals surface area contributed by atoms with Crippen LogP contribution in [0.1, 0.15) is 26.3 Å². The Morgan fingerprint density at radius 3 is 2.36 bits per heavy atom. The number of hydrogen-bond donors (Lipinski definition) is 2. The molecule has 0 saturated heterocycles. The second-order valence-electron chi connectivity index (χ2n) is 7.55. The van der Waals surface area contributed by atoms with E-state index in [1.165, 1.54) is 6.21 Å². The van der Waals surface area contributed by atoms with E-state index in [0.29, 0.717) is 16.1 Å². The number of esters is 1. The minimum Gasteiger partial charge on any atom is -0.422 e. The molecule has 2 amide bonds. The Labute approximate surface area is 216 Å². The van der Waals surface area contributed by atoms with Gasteiger partial charge in [-0.1, -0.05) is 65.7 Å². The summed E-state index contributed by atoms with van der Waals surface area (Å²) in [6.45, 7) is -0.289. The Balaban J connectivity index is 1.47. The summed E-state index contributed by atoms with van der Waals surface area (Å²) in [5, 5.41) is 8.93. The van der Waals surface area contributed by atoms with Gasteiger partial charge >= 0.3 is 5.97 Å². The number of fused-ring (bicyclic) bond motifs is 1. The summed E-state index contributed by atoms with van der Waals surface area (Å²) in [5.41, 5.74) is 3.45. The fraction of sp³-hybridized carbons (Fsp3) is 0.0370. The summed E-state index contributed by atoms with van der Waals surface area (Å²) in [5.74, 6) is -1.34. The van der Waals surface area contributed by atoms with E-state index in [2.05, 4.69) is 15.8 Å². The first-order valence-electron chi connectivity index (χ1n) is 10.8. The summed E-state index contributed by atoms with van der Waals surface area (Å²) in [7, 11) is 0. The molecule has 2 N–H and O–H groups in total. The highest BCUT2D eigenvalue weighted by Gasteiger charge is 2.16. The molecule has 0 spiro atoms. The van der Waals surface area contributed by atoms with Crippen LogP contribution in [-0.4, -0.2) is 30.5 Å². The minimum absolute atomic E-state index is 0.222. The summed E-state index contributed by atoms with van der Waals surface area (Å²) >= 11 is 11.9. The van der Waals surface area contributed by atoms with Crippen molar-refractivity contribution >= 4 is 58.0 Å². The molecule has 180 valence electrons. The number of hydrogen-bond acceptors (Lipinski definition) is 5. The van der Waals surface area contributed by atoms with Crippen LogP contribution in [0.5, 0.6) is 5.75 Å². The van der Waals surface area contributed by atoms with Crippen molar-refractivity contribution in [2.75, 3.05) is 6.54 Å². The smallest absolute Gasteiger partial charge is 0.345 e. The van der Waals surface area contributed by atoms with Gasteiger partial charge in [0.05, 0.1) is 23.3 Å². The first-order chi connectivity index (χ1) is 17.4. The van der Waals surface area contributed by atoms with Crippen LogP contribution >= 0.6 is 23.2 Å².